The molecule has 1 unspecified atom stereocenters. The number of carbonyl (C=O) groups is 1. The van der Waals surface area contributed by atoms with Gasteiger partial charge >= 0.3 is 6.09 Å². The Labute approximate surface area is 93.7 Å². The molecular weight excluding hydrogens is 208 g/mol. The number of hydrogen-bond donors (Lipinski definition) is 1. The molecule has 2 N–H and O–H groups in total. The van der Waals surface area contributed by atoms with Gasteiger partial charge in [0.15, 0.2) is 0 Å². The lowest BCUT2D eigenvalue weighted by Crippen LogP contribution is -2.41. The molecule has 1 aromatic rings. The molecule has 1 amide bonds. The number of carbonyl (C=O) groups excluding carboxylic acids is 1. The molecule has 5 nitrogen and oxygen atoms in total. The van der Waals surface area contributed by atoms with E-state index in [0.717, 1.165) is 5.56 Å². The van der Waals surface area contributed by atoms with Gasteiger partial charge in [-0.25, -0.2) is 4.79 Å². The first-order valence-corrected chi connectivity index (χ1v) is 5.14. The standard InChI is InChI=1S/C11H14N2O3/c12-11(14)16-13-6-7-15-8-10(13)9-4-2-1-3-5-9/h1-5,10H,6-8H2,(H2,12,14). The van der Waals surface area contributed by atoms with Crippen LogP contribution >= 0.6 is 0 Å². The third-order valence-electron chi connectivity index (χ3n) is 2.47. The lowest BCUT2D eigenvalue weighted by Gasteiger charge is -2.33. The minimum absolute atomic E-state index is 0.0811. The van der Waals surface area contributed by atoms with Crippen molar-refractivity contribution in [2.75, 3.05) is 19.8 Å². The molecule has 1 aliphatic rings. The maximum atomic E-state index is 10.8. The first-order valence-electron chi connectivity index (χ1n) is 5.14. The fourth-order valence-electron chi connectivity index (χ4n) is 1.75. The summed E-state index contributed by atoms with van der Waals surface area (Å²) in [4.78, 5) is 15.7. The number of amides is 1. The second-order valence-corrected chi connectivity index (χ2v) is 3.55. The molecule has 1 saturated heterocycles. The summed E-state index contributed by atoms with van der Waals surface area (Å²) in [6.45, 7) is 1.57. The Bertz CT molecular complexity index is 356. The molecule has 2 rings (SSSR count). The van der Waals surface area contributed by atoms with Gasteiger partial charge in [0.25, 0.3) is 0 Å². The van der Waals surface area contributed by atoms with Crippen molar-refractivity contribution in [1.82, 2.24) is 5.06 Å². The zero-order chi connectivity index (χ0) is 11.4. The molecule has 0 bridgehead atoms. The van der Waals surface area contributed by atoms with Gasteiger partial charge in [0.1, 0.15) is 0 Å². The van der Waals surface area contributed by atoms with Crippen LogP contribution in [-0.4, -0.2) is 30.9 Å². The molecule has 0 saturated carbocycles. The second kappa shape index (κ2) is 4.96. The Morgan fingerprint density at radius 2 is 2.19 bits per heavy atom. The molecule has 86 valence electrons. The van der Waals surface area contributed by atoms with E-state index in [2.05, 4.69) is 0 Å². The van der Waals surface area contributed by atoms with E-state index in [4.69, 9.17) is 15.3 Å². The van der Waals surface area contributed by atoms with Crippen LogP contribution in [0.1, 0.15) is 11.6 Å². The van der Waals surface area contributed by atoms with Crippen LogP contribution in [-0.2, 0) is 9.57 Å². The van der Waals surface area contributed by atoms with E-state index >= 15 is 0 Å². The molecule has 1 aliphatic heterocycles. The Hall–Kier alpha value is -1.59. The van der Waals surface area contributed by atoms with Crippen molar-refractivity contribution in [3.8, 4) is 0 Å². The van der Waals surface area contributed by atoms with Crippen LogP contribution in [0.2, 0.25) is 0 Å². The zero-order valence-corrected chi connectivity index (χ0v) is 8.83. The maximum absolute atomic E-state index is 10.8. The largest absolute Gasteiger partial charge is 0.423 e. The van der Waals surface area contributed by atoms with E-state index in [-0.39, 0.29) is 6.04 Å². The van der Waals surface area contributed by atoms with Crippen molar-refractivity contribution < 1.29 is 14.4 Å². The smallest absolute Gasteiger partial charge is 0.378 e. The number of nitrogens with zero attached hydrogens (tertiary/aromatic N) is 1. The molecule has 0 aliphatic carbocycles. The Kier molecular flexibility index (Phi) is 3.38. The third kappa shape index (κ3) is 2.50. The summed E-state index contributed by atoms with van der Waals surface area (Å²) < 4.78 is 5.37. The Balaban J connectivity index is 2.13. The van der Waals surface area contributed by atoms with Crippen molar-refractivity contribution >= 4 is 6.09 Å². The highest BCUT2D eigenvalue weighted by atomic mass is 16.7. The number of hydroxylamine groups is 2. The van der Waals surface area contributed by atoms with Gasteiger partial charge in [-0.05, 0) is 5.56 Å². The first-order chi connectivity index (χ1) is 7.77. The number of ether oxygens (including phenoxy) is 1. The summed E-state index contributed by atoms with van der Waals surface area (Å²) in [6, 6.07) is 9.67. The van der Waals surface area contributed by atoms with Crippen LogP contribution in [0.5, 0.6) is 0 Å². The fourth-order valence-corrected chi connectivity index (χ4v) is 1.75. The average Bonchev–Trinajstić information content (AvgIpc) is 2.30. The summed E-state index contributed by atoms with van der Waals surface area (Å²) in [5.74, 6) is 0. The summed E-state index contributed by atoms with van der Waals surface area (Å²) in [5, 5.41) is 1.57. The number of rotatable bonds is 2. The molecule has 1 atom stereocenters. The predicted molar refractivity (Wildman–Crippen MR) is 57.4 cm³/mol. The SMILES string of the molecule is NC(=O)ON1CCOCC1c1ccccc1. The van der Waals surface area contributed by atoms with Crippen molar-refractivity contribution in [3.63, 3.8) is 0 Å². The number of morpholine rings is 1. The van der Waals surface area contributed by atoms with Crippen LogP contribution < -0.4 is 5.73 Å². The molecule has 0 aromatic heterocycles. The minimum atomic E-state index is -0.789. The molecule has 5 heteroatoms. The molecule has 1 fully saturated rings. The van der Waals surface area contributed by atoms with Crippen molar-refractivity contribution in [1.29, 1.82) is 0 Å². The van der Waals surface area contributed by atoms with Crippen LogP contribution in [0.4, 0.5) is 4.79 Å². The minimum Gasteiger partial charge on any atom is -0.378 e. The highest BCUT2D eigenvalue weighted by Crippen LogP contribution is 2.23. The van der Waals surface area contributed by atoms with E-state index in [1.165, 1.54) is 0 Å². The van der Waals surface area contributed by atoms with E-state index in [1.54, 1.807) is 5.06 Å². The first kappa shape index (κ1) is 10.9. The quantitative estimate of drug-likeness (QED) is 0.812. The monoisotopic (exact) mass is 222 g/mol. The van der Waals surface area contributed by atoms with E-state index in [9.17, 15) is 4.79 Å². The summed E-state index contributed by atoms with van der Waals surface area (Å²) in [5.41, 5.74) is 6.06. The van der Waals surface area contributed by atoms with Gasteiger partial charge in [0, 0.05) is 0 Å². The van der Waals surface area contributed by atoms with Crippen molar-refractivity contribution in [2.24, 2.45) is 5.73 Å². The molecule has 0 radical (unpaired) electrons. The highest BCUT2D eigenvalue weighted by Gasteiger charge is 2.27. The summed E-state index contributed by atoms with van der Waals surface area (Å²) >= 11 is 0. The van der Waals surface area contributed by atoms with Crippen LogP contribution in [0.15, 0.2) is 30.3 Å². The van der Waals surface area contributed by atoms with E-state index in [1.807, 2.05) is 30.3 Å². The second-order valence-electron chi connectivity index (χ2n) is 3.55. The average molecular weight is 222 g/mol. The van der Waals surface area contributed by atoms with Crippen molar-refractivity contribution in [3.05, 3.63) is 35.9 Å². The van der Waals surface area contributed by atoms with Crippen LogP contribution in [0.3, 0.4) is 0 Å². The third-order valence-corrected chi connectivity index (χ3v) is 2.47. The predicted octanol–water partition coefficient (Wildman–Crippen LogP) is 1.07. The zero-order valence-electron chi connectivity index (χ0n) is 8.83. The van der Waals surface area contributed by atoms with Crippen LogP contribution in [0.25, 0.3) is 0 Å². The topological polar surface area (TPSA) is 64.8 Å². The molecule has 0 spiro atoms. The summed E-state index contributed by atoms with van der Waals surface area (Å²) in [6.07, 6.45) is -0.789. The van der Waals surface area contributed by atoms with E-state index < -0.39 is 6.09 Å². The van der Waals surface area contributed by atoms with Gasteiger partial charge in [0.05, 0.1) is 25.8 Å². The lowest BCUT2D eigenvalue weighted by molar-refractivity contribution is -0.181. The van der Waals surface area contributed by atoms with Gasteiger partial charge in [-0.2, -0.15) is 0 Å². The molecule has 1 heterocycles. The van der Waals surface area contributed by atoms with Gasteiger partial charge in [0.2, 0.25) is 0 Å². The van der Waals surface area contributed by atoms with Gasteiger partial charge in [-0.3, -0.25) is 0 Å². The number of hydrogen-bond acceptors (Lipinski definition) is 4. The fraction of sp³-hybridized carbons (Fsp3) is 0.364. The number of benzene rings is 1. The molecule has 16 heavy (non-hydrogen) atoms. The molecular formula is C11H14N2O3. The highest BCUT2D eigenvalue weighted by molar-refractivity contribution is 5.64. The molecule has 1 aromatic carbocycles. The van der Waals surface area contributed by atoms with Crippen molar-refractivity contribution in [2.45, 2.75) is 6.04 Å². The maximum Gasteiger partial charge on any atom is 0.423 e. The van der Waals surface area contributed by atoms with Gasteiger partial charge in [-0.15, -0.1) is 5.06 Å². The number of nitrogens with two attached hydrogens (primary N) is 1. The van der Waals surface area contributed by atoms with E-state index in [0.29, 0.717) is 19.8 Å². The Morgan fingerprint density at radius 1 is 1.44 bits per heavy atom. The number of primary amides is 1. The summed E-state index contributed by atoms with van der Waals surface area (Å²) in [7, 11) is 0. The lowest BCUT2D eigenvalue weighted by atomic mass is 10.1. The van der Waals surface area contributed by atoms with Gasteiger partial charge < -0.3 is 15.3 Å². The Morgan fingerprint density at radius 3 is 2.88 bits per heavy atom. The normalized spacial score (nSPS) is 21.6. The van der Waals surface area contributed by atoms with Gasteiger partial charge in [-0.1, -0.05) is 30.3 Å². The van der Waals surface area contributed by atoms with Crippen LogP contribution in [0, 0.1) is 0 Å².